The molecule has 1 aliphatic rings. The molecule has 0 aliphatic heterocycles. The molecule has 1 aromatic heterocycles. The van der Waals surface area contributed by atoms with E-state index in [9.17, 15) is 4.79 Å². The van der Waals surface area contributed by atoms with Crippen LogP contribution >= 0.6 is 11.3 Å². The number of carbonyl (C=O) groups is 1. The first-order chi connectivity index (χ1) is 12.2. The molecule has 126 valence electrons. The SMILES string of the molecule is Cc1cnc(-c2ccc(C3C(C(=O)NO)C3c3ccccc3)cc2)s1. The molecule has 0 radical (unpaired) electrons. The van der Waals surface area contributed by atoms with Crippen LogP contribution in [0.2, 0.25) is 0 Å². The first kappa shape index (κ1) is 16.0. The molecule has 5 heteroatoms. The van der Waals surface area contributed by atoms with Gasteiger partial charge in [-0.2, -0.15) is 0 Å². The second-order valence-corrected chi connectivity index (χ2v) is 7.60. The molecule has 1 heterocycles. The molecule has 4 rings (SSSR count). The maximum Gasteiger partial charge on any atom is 0.247 e. The molecule has 4 nitrogen and oxygen atoms in total. The molecule has 2 aromatic carbocycles. The Kier molecular flexibility index (Phi) is 4.11. The Labute approximate surface area is 150 Å². The second kappa shape index (κ2) is 6.43. The number of amides is 1. The van der Waals surface area contributed by atoms with E-state index in [4.69, 9.17) is 5.21 Å². The Bertz CT molecular complexity index is 890. The molecule has 0 saturated heterocycles. The number of nitrogens with one attached hydrogen (secondary N) is 1. The normalized spacial score (nSPS) is 21.8. The van der Waals surface area contributed by atoms with E-state index in [2.05, 4.69) is 29.2 Å². The Hall–Kier alpha value is -2.50. The molecule has 1 fully saturated rings. The van der Waals surface area contributed by atoms with Crippen LogP contribution in [0, 0.1) is 12.8 Å². The van der Waals surface area contributed by atoms with Crippen molar-refractivity contribution in [1.29, 1.82) is 0 Å². The molecular weight excluding hydrogens is 332 g/mol. The lowest BCUT2D eigenvalue weighted by Gasteiger charge is -2.03. The highest BCUT2D eigenvalue weighted by Crippen LogP contribution is 2.60. The van der Waals surface area contributed by atoms with Crippen LogP contribution in [-0.2, 0) is 4.79 Å². The van der Waals surface area contributed by atoms with E-state index in [1.807, 2.05) is 48.9 Å². The monoisotopic (exact) mass is 350 g/mol. The number of rotatable bonds is 4. The van der Waals surface area contributed by atoms with Crippen molar-refractivity contribution >= 4 is 17.2 Å². The highest BCUT2D eigenvalue weighted by Gasteiger charge is 2.56. The van der Waals surface area contributed by atoms with Crippen molar-refractivity contribution < 1.29 is 10.0 Å². The van der Waals surface area contributed by atoms with Crippen LogP contribution in [0.5, 0.6) is 0 Å². The van der Waals surface area contributed by atoms with Crippen LogP contribution in [0.15, 0.2) is 60.8 Å². The molecule has 2 N–H and O–H groups in total. The summed E-state index contributed by atoms with van der Waals surface area (Å²) in [4.78, 5) is 17.7. The van der Waals surface area contributed by atoms with Gasteiger partial charge in [-0.05, 0) is 18.1 Å². The zero-order chi connectivity index (χ0) is 17.4. The maximum atomic E-state index is 12.1. The summed E-state index contributed by atoms with van der Waals surface area (Å²) in [7, 11) is 0. The molecule has 1 aliphatic carbocycles. The van der Waals surface area contributed by atoms with Gasteiger partial charge in [0.05, 0.1) is 5.92 Å². The van der Waals surface area contributed by atoms with Gasteiger partial charge in [-0.15, -0.1) is 11.3 Å². The number of carbonyl (C=O) groups excluding carboxylic acids is 1. The third-order valence-electron chi connectivity index (χ3n) is 4.78. The van der Waals surface area contributed by atoms with Gasteiger partial charge >= 0.3 is 0 Å². The number of aromatic nitrogens is 1. The van der Waals surface area contributed by atoms with Crippen LogP contribution in [0.3, 0.4) is 0 Å². The maximum absolute atomic E-state index is 12.1. The number of nitrogens with zero attached hydrogens (tertiary/aromatic N) is 1. The molecule has 1 amide bonds. The summed E-state index contributed by atoms with van der Waals surface area (Å²) in [5, 5.41) is 10.1. The molecule has 3 aromatic rings. The summed E-state index contributed by atoms with van der Waals surface area (Å²) in [6, 6.07) is 18.2. The predicted octanol–water partition coefficient (Wildman–Crippen LogP) is 4.12. The predicted molar refractivity (Wildman–Crippen MR) is 97.6 cm³/mol. The Morgan fingerprint density at radius 3 is 2.24 bits per heavy atom. The van der Waals surface area contributed by atoms with Crippen LogP contribution in [-0.4, -0.2) is 16.1 Å². The zero-order valence-corrected chi connectivity index (χ0v) is 14.5. The first-order valence-electron chi connectivity index (χ1n) is 8.20. The zero-order valence-electron chi connectivity index (χ0n) is 13.7. The Balaban J connectivity index is 1.62. The van der Waals surface area contributed by atoms with Gasteiger partial charge in [-0.1, -0.05) is 54.6 Å². The average molecular weight is 350 g/mol. The summed E-state index contributed by atoms with van der Waals surface area (Å²) in [5.41, 5.74) is 5.14. The van der Waals surface area contributed by atoms with Crippen LogP contribution in [0.25, 0.3) is 10.6 Å². The lowest BCUT2D eigenvalue weighted by Crippen LogP contribution is -2.21. The van der Waals surface area contributed by atoms with Crippen LogP contribution in [0.1, 0.15) is 27.8 Å². The van der Waals surface area contributed by atoms with Crippen molar-refractivity contribution in [3.05, 3.63) is 76.8 Å². The van der Waals surface area contributed by atoms with Crippen molar-refractivity contribution in [1.82, 2.24) is 10.5 Å². The summed E-state index contributed by atoms with van der Waals surface area (Å²) in [6.45, 7) is 2.04. The molecule has 3 atom stereocenters. The van der Waals surface area contributed by atoms with Gasteiger partial charge in [0, 0.05) is 28.5 Å². The van der Waals surface area contributed by atoms with Gasteiger partial charge in [0.1, 0.15) is 5.01 Å². The summed E-state index contributed by atoms with van der Waals surface area (Å²) < 4.78 is 0. The van der Waals surface area contributed by atoms with E-state index in [0.29, 0.717) is 0 Å². The van der Waals surface area contributed by atoms with Crippen molar-refractivity contribution in [2.75, 3.05) is 0 Å². The Morgan fingerprint density at radius 2 is 1.68 bits per heavy atom. The molecule has 25 heavy (non-hydrogen) atoms. The number of benzene rings is 2. The topological polar surface area (TPSA) is 62.2 Å². The van der Waals surface area contributed by atoms with E-state index in [1.165, 1.54) is 4.88 Å². The van der Waals surface area contributed by atoms with E-state index >= 15 is 0 Å². The van der Waals surface area contributed by atoms with E-state index in [1.54, 1.807) is 11.3 Å². The van der Waals surface area contributed by atoms with Crippen LogP contribution < -0.4 is 5.48 Å². The quantitative estimate of drug-likeness (QED) is 0.549. The molecular formula is C20H18N2O2S. The second-order valence-electron chi connectivity index (χ2n) is 6.36. The molecule has 1 saturated carbocycles. The van der Waals surface area contributed by atoms with E-state index in [0.717, 1.165) is 21.7 Å². The van der Waals surface area contributed by atoms with Gasteiger partial charge in [0.15, 0.2) is 0 Å². The summed E-state index contributed by atoms with van der Waals surface area (Å²) in [6.07, 6.45) is 1.88. The van der Waals surface area contributed by atoms with Gasteiger partial charge in [0.25, 0.3) is 0 Å². The smallest absolute Gasteiger partial charge is 0.247 e. The fourth-order valence-corrected chi connectivity index (χ4v) is 4.32. The van der Waals surface area contributed by atoms with Crippen molar-refractivity contribution in [3.63, 3.8) is 0 Å². The lowest BCUT2D eigenvalue weighted by molar-refractivity contribution is -0.130. The highest BCUT2D eigenvalue weighted by atomic mass is 32.1. The van der Waals surface area contributed by atoms with Gasteiger partial charge < -0.3 is 0 Å². The average Bonchev–Trinajstić information content (AvgIpc) is 3.27. The lowest BCUT2D eigenvalue weighted by atomic mass is 10.0. The van der Waals surface area contributed by atoms with Crippen molar-refractivity contribution in [2.24, 2.45) is 5.92 Å². The van der Waals surface area contributed by atoms with Crippen molar-refractivity contribution in [3.8, 4) is 10.6 Å². The molecule has 0 bridgehead atoms. The Morgan fingerprint density at radius 1 is 1.04 bits per heavy atom. The van der Waals surface area contributed by atoms with Gasteiger partial charge in [-0.25, -0.2) is 10.5 Å². The number of thiazole rings is 1. The van der Waals surface area contributed by atoms with Crippen LogP contribution in [0.4, 0.5) is 0 Å². The number of hydrogen-bond donors (Lipinski definition) is 2. The minimum atomic E-state index is -0.321. The van der Waals surface area contributed by atoms with Gasteiger partial charge in [-0.3, -0.25) is 10.0 Å². The third kappa shape index (κ3) is 2.97. The highest BCUT2D eigenvalue weighted by molar-refractivity contribution is 7.14. The number of hydrogen-bond acceptors (Lipinski definition) is 4. The third-order valence-corrected chi connectivity index (χ3v) is 5.74. The fraction of sp³-hybridized carbons (Fsp3) is 0.200. The summed E-state index contributed by atoms with van der Waals surface area (Å²) >= 11 is 1.67. The largest absolute Gasteiger partial charge is 0.289 e. The van der Waals surface area contributed by atoms with Crippen molar-refractivity contribution in [2.45, 2.75) is 18.8 Å². The minimum Gasteiger partial charge on any atom is -0.289 e. The fourth-order valence-electron chi connectivity index (χ4n) is 3.55. The van der Waals surface area contributed by atoms with Gasteiger partial charge in [0.2, 0.25) is 5.91 Å². The summed E-state index contributed by atoms with van der Waals surface area (Å²) in [5.74, 6) is -0.373. The number of aryl methyl sites for hydroxylation is 1. The standard InChI is InChI=1S/C20H18N2O2S/c1-12-11-21-20(25-12)15-9-7-14(8-10-15)17-16(18(17)19(23)22-24)13-5-3-2-4-6-13/h2-11,16-18,24H,1H3,(H,22,23). The van der Waals surface area contributed by atoms with E-state index in [-0.39, 0.29) is 23.7 Å². The number of hydroxylamine groups is 1. The molecule has 0 spiro atoms. The van der Waals surface area contributed by atoms with E-state index < -0.39 is 0 Å². The molecule has 3 unspecified atom stereocenters. The minimum absolute atomic E-state index is 0.0848. The first-order valence-corrected chi connectivity index (χ1v) is 9.02.